The Bertz CT molecular complexity index is 918. The van der Waals surface area contributed by atoms with E-state index in [2.05, 4.69) is 15.6 Å². The summed E-state index contributed by atoms with van der Waals surface area (Å²) in [5.74, 6) is -1.51. The second-order valence-electron chi connectivity index (χ2n) is 5.69. The van der Waals surface area contributed by atoms with Gasteiger partial charge in [-0.25, -0.2) is 13.6 Å². The van der Waals surface area contributed by atoms with Crippen LogP contribution < -0.4 is 10.6 Å². The van der Waals surface area contributed by atoms with Gasteiger partial charge in [0.15, 0.2) is 0 Å². The van der Waals surface area contributed by atoms with Crippen LogP contribution in [0.4, 0.5) is 19.3 Å². The number of fused-ring (bicyclic) bond motifs is 1. The third-order valence-corrected chi connectivity index (χ3v) is 4.01. The summed E-state index contributed by atoms with van der Waals surface area (Å²) in [4.78, 5) is 15.2. The van der Waals surface area contributed by atoms with Gasteiger partial charge in [0, 0.05) is 29.2 Å². The van der Waals surface area contributed by atoms with E-state index < -0.39 is 17.7 Å². The number of anilines is 1. The van der Waals surface area contributed by atoms with Crippen molar-refractivity contribution in [2.75, 3.05) is 5.32 Å². The van der Waals surface area contributed by atoms with Crippen molar-refractivity contribution in [1.82, 2.24) is 10.3 Å². The fraction of sp³-hybridized carbons (Fsp3) is 0.167. The zero-order valence-electron chi connectivity index (χ0n) is 13.3. The molecule has 6 heteroatoms. The lowest BCUT2D eigenvalue weighted by molar-refractivity contribution is 0.251. The predicted molar refractivity (Wildman–Crippen MR) is 90.0 cm³/mol. The number of carbonyl (C=O) groups is 1. The molecule has 3 aromatic rings. The molecule has 1 aromatic heterocycles. The van der Waals surface area contributed by atoms with Crippen molar-refractivity contribution < 1.29 is 13.6 Å². The molecule has 0 aliphatic rings. The number of amides is 2. The number of hydrogen-bond acceptors (Lipinski definition) is 1. The number of hydrogen-bond donors (Lipinski definition) is 3. The third-order valence-electron chi connectivity index (χ3n) is 4.01. The molecule has 1 heterocycles. The Morgan fingerprint density at radius 3 is 2.67 bits per heavy atom. The van der Waals surface area contributed by atoms with Gasteiger partial charge < -0.3 is 15.6 Å². The van der Waals surface area contributed by atoms with Gasteiger partial charge in [-0.1, -0.05) is 6.07 Å². The Kier molecular flexibility index (Phi) is 4.20. The number of aromatic nitrogens is 1. The normalized spacial score (nSPS) is 10.8. The maximum Gasteiger partial charge on any atom is 0.319 e. The molecular weight excluding hydrogens is 312 g/mol. The highest BCUT2D eigenvalue weighted by Gasteiger charge is 2.09. The average molecular weight is 329 g/mol. The quantitative estimate of drug-likeness (QED) is 0.656. The number of carbonyl (C=O) groups excluding carboxylic acids is 1. The van der Waals surface area contributed by atoms with E-state index in [-0.39, 0.29) is 5.69 Å². The number of nitrogens with one attached hydrogen (secondary N) is 3. The molecule has 0 aliphatic heterocycles. The van der Waals surface area contributed by atoms with E-state index in [1.807, 2.05) is 32.0 Å². The number of H-pyrrole nitrogens is 1. The molecule has 0 unspecified atom stereocenters. The van der Waals surface area contributed by atoms with Crippen LogP contribution in [0.25, 0.3) is 10.9 Å². The SMILES string of the molecule is Cc1[nH]c2ccc(CNC(=O)Nc3ccc(F)cc3F)cc2c1C. The molecule has 0 saturated carbocycles. The predicted octanol–water partition coefficient (Wildman–Crippen LogP) is 4.38. The number of aromatic amines is 1. The van der Waals surface area contributed by atoms with Crippen molar-refractivity contribution in [3.63, 3.8) is 0 Å². The molecule has 0 radical (unpaired) electrons. The van der Waals surface area contributed by atoms with Gasteiger partial charge in [-0.15, -0.1) is 0 Å². The minimum Gasteiger partial charge on any atom is -0.358 e. The molecular formula is C18H17F2N3O. The Morgan fingerprint density at radius 1 is 1.12 bits per heavy atom. The molecule has 0 atom stereocenters. The summed E-state index contributed by atoms with van der Waals surface area (Å²) in [7, 11) is 0. The third kappa shape index (κ3) is 3.22. The van der Waals surface area contributed by atoms with Gasteiger partial charge in [0.1, 0.15) is 11.6 Å². The lowest BCUT2D eigenvalue weighted by Crippen LogP contribution is -2.28. The standard InChI is InChI=1S/C18H17F2N3O/c1-10-11(2)22-16-5-3-12(7-14(10)16)9-21-18(24)23-17-6-4-13(19)8-15(17)20/h3-8,22H,9H2,1-2H3,(H2,21,23,24). The van der Waals surface area contributed by atoms with Gasteiger partial charge in [-0.3, -0.25) is 0 Å². The molecule has 0 bridgehead atoms. The van der Waals surface area contributed by atoms with Crippen molar-refractivity contribution in [2.45, 2.75) is 20.4 Å². The van der Waals surface area contributed by atoms with Gasteiger partial charge in [0.25, 0.3) is 0 Å². The molecule has 2 amide bonds. The van der Waals surface area contributed by atoms with Crippen molar-refractivity contribution in [2.24, 2.45) is 0 Å². The lowest BCUT2D eigenvalue weighted by Gasteiger charge is -2.09. The summed E-state index contributed by atoms with van der Waals surface area (Å²) in [6.07, 6.45) is 0. The Morgan fingerprint density at radius 2 is 1.92 bits per heavy atom. The topological polar surface area (TPSA) is 56.9 Å². The molecule has 2 aromatic carbocycles. The van der Waals surface area contributed by atoms with Gasteiger partial charge in [-0.2, -0.15) is 0 Å². The number of urea groups is 1. The van der Waals surface area contributed by atoms with E-state index in [1.165, 1.54) is 11.6 Å². The van der Waals surface area contributed by atoms with Crippen molar-refractivity contribution in [1.29, 1.82) is 0 Å². The summed E-state index contributed by atoms with van der Waals surface area (Å²) in [6.45, 7) is 4.35. The first kappa shape index (κ1) is 16.0. The number of halogens is 2. The van der Waals surface area contributed by atoms with E-state index in [1.54, 1.807) is 0 Å². The smallest absolute Gasteiger partial charge is 0.319 e. The van der Waals surface area contributed by atoms with Crippen LogP contribution in [0, 0.1) is 25.5 Å². The maximum atomic E-state index is 13.5. The lowest BCUT2D eigenvalue weighted by atomic mass is 10.1. The highest BCUT2D eigenvalue weighted by Crippen LogP contribution is 2.22. The second kappa shape index (κ2) is 6.31. The van der Waals surface area contributed by atoms with Gasteiger partial charge >= 0.3 is 6.03 Å². The van der Waals surface area contributed by atoms with Crippen molar-refractivity contribution in [3.8, 4) is 0 Å². The molecule has 0 fully saturated rings. The highest BCUT2D eigenvalue weighted by atomic mass is 19.1. The number of benzene rings is 2. The first-order chi connectivity index (χ1) is 11.4. The first-order valence-electron chi connectivity index (χ1n) is 7.52. The first-order valence-corrected chi connectivity index (χ1v) is 7.52. The monoisotopic (exact) mass is 329 g/mol. The van der Waals surface area contributed by atoms with Crippen LogP contribution in [-0.2, 0) is 6.54 Å². The van der Waals surface area contributed by atoms with E-state index >= 15 is 0 Å². The summed E-state index contributed by atoms with van der Waals surface area (Å²) >= 11 is 0. The fourth-order valence-electron chi connectivity index (χ4n) is 2.56. The number of rotatable bonds is 3. The number of aryl methyl sites for hydroxylation is 2. The van der Waals surface area contributed by atoms with Crippen LogP contribution in [0.15, 0.2) is 36.4 Å². The maximum absolute atomic E-state index is 13.5. The van der Waals surface area contributed by atoms with Crippen LogP contribution >= 0.6 is 0 Å². The van der Waals surface area contributed by atoms with Crippen LogP contribution in [-0.4, -0.2) is 11.0 Å². The molecule has 0 aliphatic carbocycles. The zero-order valence-corrected chi connectivity index (χ0v) is 13.3. The average Bonchev–Trinajstić information content (AvgIpc) is 2.83. The molecule has 3 N–H and O–H groups in total. The van der Waals surface area contributed by atoms with Gasteiger partial charge in [0.05, 0.1) is 5.69 Å². The van der Waals surface area contributed by atoms with Gasteiger partial charge in [-0.05, 0) is 49.2 Å². The Labute approximate surface area is 137 Å². The minimum absolute atomic E-state index is 0.0681. The summed E-state index contributed by atoms with van der Waals surface area (Å²) in [5.41, 5.74) is 4.19. The van der Waals surface area contributed by atoms with Crippen LogP contribution in [0.1, 0.15) is 16.8 Å². The van der Waals surface area contributed by atoms with Crippen LogP contribution in [0.2, 0.25) is 0 Å². The summed E-state index contributed by atoms with van der Waals surface area (Å²) in [6, 6.07) is 8.32. The minimum atomic E-state index is -0.815. The van der Waals surface area contributed by atoms with Gasteiger partial charge in [0.2, 0.25) is 0 Å². The van der Waals surface area contributed by atoms with E-state index in [9.17, 15) is 13.6 Å². The largest absolute Gasteiger partial charge is 0.358 e. The van der Waals surface area contributed by atoms with E-state index in [0.29, 0.717) is 6.54 Å². The fourth-order valence-corrected chi connectivity index (χ4v) is 2.56. The Balaban J connectivity index is 1.66. The molecule has 124 valence electrons. The molecule has 4 nitrogen and oxygen atoms in total. The van der Waals surface area contributed by atoms with E-state index in [0.717, 1.165) is 34.3 Å². The zero-order chi connectivity index (χ0) is 17.3. The molecule has 3 rings (SSSR count). The second-order valence-corrected chi connectivity index (χ2v) is 5.69. The molecule has 24 heavy (non-hydrogen) atoms. The van der Waals surface area contributed by atoms with Crippen LogP contribution in [0.5, 0.6) is 0 Å². The highest BCUT2D eigenvalue weighted by molar-refractivity contribution is 5.89. The Hall–Kier alpha value is -2.89. The molecule has 0 saturated heterocycles. The van der Waals surface area contributed by atoms with Crippen LogP contribution in [0.3, 0.4) is 0 Å². The van der Waals surface area contributed by atoms with Crippen molar-refractivity contribution >= 4 is 22.6 Å². The summed E-state index contributed by atoms with van der Waals surface area (Å²) in [5, 5.41) is 6.13. The van der Waals surface area contributed by atoms with Crippen molar-refractivity contribution in [3.05, 3.63) is 64.9 Å². The van der Waals surface area contributed by atoms with E-state index in [4.69, 9.17) is 0 Å². The summed E-state index contributed by atoms with van der Waals surface area (Å²) < 4.78 is 26.4. The molecule has 0 spiro atoms.